The lowest BCUT2D eigenvalue weighted by Crippen LogP contribution is -2.41. The summed E-state index contributed by atoms with van der Waals surface area (Å²) in [6.07, 6.45) is 0.104. The van der Waals surface area contributed by atoms with E-state index in [1.807, 2.05) is 60.7 Å². The highest BCUT2D eigenvalue weighted by Gasteiger charge is 2.27. The minimum absolute atomic E-state index is 0.198. The maximum Gasteiger partial charge on any atom is 0.290 e. The van der Waals surface area contributed by atoms with Gasteiger partial charge in [-0.05, 0) is 17.5 Å². The Bertz CT molecular complexity index is 749. The second-order valence-electron chi connectivity index (χ2n) is 7.03. The van der Waals surface area contributed by atoms with Crippen LogP contribution in [-0.2, 0) is 22.6 Å². The number of aliphatic hydroxyl groups excluding tert-OH is 1. The Labute approximate surface area is 160 Å². The molecule has 3 rings (SSSR count). The van der Waals surface area contributed by atoms with Crippen LogP contribution < -0.4 is 0 Å². The Kier molecular flexibility index (Phi) is 6.74. The molecule has 1 fully saturated rings. The van der Waals surface area contributed by atoms with Gasteiger partial charge in [0.15, 0.2) is 0 Å². The second kappa shape index (κ2) is 9.44. The average Bonchev–Trinajstić information content (AvgIpc) is 2.88. The number of hydrogen-bond donors (Lipinski definition) is 1. The van der Waals surface area contributed by atoms with Crippen LogP contribution in [0.1, 0.15) is 17.5 Å². The number of hydrogen-bond acceptors (Lipinski definition) is 4. The van der Waals surface area contributed by atoms with Gasteiger partial charge in [-0.1, -0.05) is 60.7 Å². The van der Waals surface area contributed by atoms with E-state index in [0.29, 0.717) is 26.1 Å². The van der Waals surface area contributed by atoms with Crippen molar-refractivity contribution in [2.24, 2.45) is 0 Å². The number of benzene rings is 2. The molecule has 5 nitrogen and oxygen atoms in total. The Morgan fingerprint density at radius 2 is 1.52 bits per heavy atom. The average molecular weight is 366 g/mol. The monoisotopic (exact) mass is 366 g/mol. The number of aryl methyl sites for hydroxylation is 1. The van der Waals surface area contributed by atoms with Crippen LogP contribution in [0.4, 0.5) is 0 Å². The third-order valence-electron chi connectivity index (χ3n) is 4.84. The van der Waals surface area contributed by atoms with Gasteiger partial charge in [-0.3, -0.25) is 14.5 Å². The van der Waals surface area contributed by atoms with Gasteiger partial charge in [0.2, 0.25) is 5.78 Å². The highest BCUT2D eigenvalue weighted by atomic mass is 16.3. The Morgan fingerprint density at radius 3 is 2.19 bits per heavy atom. The molecule has 0 bridgehead atoms. The molecule has 1 heterocycles. The van der Waals surface area contributed by atoms with Gasteiger partial charge in [-0.25, -0.2) is 0 Å². The third kappa shape index (κ3) is 5.74. The number of amides is 1. The summed E-state index contributed by atoms with van der Waals surface area (Å²) in [6.45, 7) is 2.53. The van der Waals surface area contributed by atoms with Crippen molar-refractivity contribution in [1.29, 1.82) is 0 Å². The van der Waals surface area contributed by atoms with Crippen LogP contribution in [0.2, 0.25) is 0 Å². The number of carbonyl (C=O) groups is 2. The summed E-state index contributed by atoms with van der Waals surface area (Å²) in [4.78, 5) is 28.5. The van der Waals surface area contributed by atoms with E-state index in [9.17, 15) is 14.7 Å². The predicted octanol–water partition coefficient (Wildman–Crippen LogP) is 1.89. The van der Waals surface area contributed by atoms with E-state index in [-0.39, 0.29) is 18.7 Å². The van der Waals surface area contributed by atoms with Crippen LogP contribution in [0.3, 0.4) is 0 Å². The molecule has 0 saturated carbocycles. The normalized spacial score (nSPS) is 18.1. The SMILES string of the molecule is O=C(CCc1ccccc1)C(=O)N1CCN(Cc2ccccc2)CC(O)C1. The lowest BCUT2D eigenvalue weighted by atomic mass is 10.1. The molecule has 0 aliphatic carbocycles. The van der Waals surface area contributed by atoms with E-state index in [1.54, 1.807) is 0 Å². The number of ketones is 1. The lowest BCUT2D eigenvalue weighted by molar-refractivity contribution is -0.145. The van der Waals surface area contributed by atoms with Crippen LogP contribution in [0.5, 0.6) is 0 Å². The Balaban J connectivity index is 1.53. The maximum atomic E-state index is 12.5. The van der Waals surface area contributed by atoms with Crippen molar-refractivity contribution in [2.45, 2.75) is 25.5 Å². The van der Waals surface area contributed by atoms with Crippen molar-refractivity contribution in [1.82, 2.24) is 9.80 Å². The maximum absolute atomic E-state index is 12.5. The molecule has 1 N–H and O–H groups in total. The van der Waals surface area contributed by atoms with Crippen LogP contribution in [0.15, 0.2) is 60.7 Å². The number of nitrogens with zero attached hydrogens (tertiary/aromatic N) is 2. The summed E-state index contributed by atoms with van der Waals surface area (Å²) >= 11 is 0. The molecule has 2 aromatic carbocycles. The first-order valence-corrected chi connectivity index (χ1v) is 9.42. The van der Waals surface area contributed by atoms with Gasteiger partial charge in [0.05, 0.1) is 6.10 Å². The number of rotatable bonds is 6. The lowest BCUT2D eigenvalue weighted by Gasteiger charge is -2.21. The van der Waals surface area contributed by atoms with Crippen molar-refractivity contribution in [3.63, 3.8) is 0 Å². The van der Waals surface area contributed by atoms with E-state index in [1.165, 1.54) is 10.5 Å². The van der Waals surface area contributed by atoms with Gasteiger partial charge in [0, 0.05) is 39.1 Å². The second-order valence-corrected chi connectivity index (χ2v) is 7.03. The number of Topliss-reactive ketones (excluding diaryl/α,β-unsaturated/α-hetero) is 1. The Morgan fingerprint density at radius 1 is 0.889 bits per heavy atom. The molecule has 1 amide bonds. The van der Waals surface area contributed by atoms with E-state index in [4.69, 9.17) is 0 Å². The largest absolute Gasteiger partial charge is 0.390 e. The highest BCUT2D eigenvalue weighted by Crippen LogP contribution is 2.11. The fraction of sp³-hybridized carbons (Fsp3) is 0.364. The first-order valence-electron chi connectivity index (χ1n) is 9.42. The molecule has 0 spiro atoms. The van der Waals surface area contributed by atoms with E-state index < -0.39 is 12.0 Å². The fourth-order valence-electron chi connectivity index (χ4n) is 3.41. The molecule has 1 aliphatic heterocycles. The van der Waals surface area contributed by atoms with Gasteiger partial charge in [0.1, 0.15) is 0 Å². The minimum Gasteiger partial charge on any atom is -0.390 e. The van der Waals surface area contributed by atoms with Crippen LogP contribution in [-0.4, -0.2) is 58.9 Å². The summed E-state index contributed by atoms with van der Waals surface area (Å²) in [5.74, 6) is -0.867. The van der Waals surface area contributed by atoms with Crippen molar-refractivity contribution in [3.05, 3.63) is 71.8 Å². The van der Waals surface area contributed by atoms with Crippen molar-refractivity contribution in [3.8, 4) is 0 Å². The van der Waals surface area contributed by atoms with Gasteiger partial charge < -0.3 is 10.0 Å². The van der Waals surface area contributed by atoms with Gasteiger partial charge in [-0.15, -0.1) is 0 Å². The van der Waals surface area contributed by atoms with Crippen molar-refractivity contribution in [2.75, 3.05) is 26.2 Å². The molecule has 1 saturated heterocycles. The number of aliphatic hydroxyl groups is 1. The van der Waals surface area contributed by atoms with E-state index >= 15 is 0 Å². The minimum atomic E-state index is -0.651. The molecule has 1 aliphatic rings. The molecule has 1 unspecified atom stereocenters. The molecular formula is C22H26N2O3. The van der Waals surface area contributed by atoms with Crippen LogP contribution in [0.25, 0.3) is 0 Å². The van der Waals surface area contributed by atoms with E-state index in [0.717, 1.165) is 12.1 Å². The first-order chi connectivity index (χ1) is 13.1. The van der Waals surface area contributed by atoms with Gasteiger partial charge in [-0.2, -0.15) is 0 Å². The molecule has 5 heteroatoms. The topological polar surface area (TPSA) is 60.9 Å². The van der Waals surface area contributed by atoms with Gasteiger partial charge >= 0.3 is 0 Å². The van der Waals surface area contributed by atoms with E-state index in [2.05, 4.69) is 4.90 Å². The molecule has 142 valence electrons. The molecular weight excluding hydrogens is 340 g/mol. The van der Waals surface area contributed by atoms with Crippen molar-refractivity contribution < 1.29 is 14.7 Å². The van der Waals surface area contributed by atoms with Crippen molar-refractivity contribution >= 4 is 11.7 Å². The zero-order chi connectivity index (χ0) is 19.1. The number of β-amino-alcohol motifs (C(OH)–C–C–N with tert-alkyl or cyclic N) is 1. The molecule has 0 aromatic heterocycles. The third-order valence-corrected chi connectivity index (χ3v) is 4.84. The quantitative estimate of drug-likeness (QED) is 0.793. The summed E-state index contributed by atoms with van der Waals surface area (Å²) in [5.41, 5.74) is 2.21. The summed E-state index contributed by atoms with van der Waals surface area (Å²) in [7, 11) is 0. The summed E-state index contributed by atoms with van der Waals surface area (Å²) in [6, 6.07) is 19.7. The fourth-order valence-corrected chi connectivity index (χ4v) is 3.41. The highest BCUT2D eigenvalue weighted by molar-refractivity contribution is 6.36. The molecule has 1 atom stereocenters. The summed E-state index contributed by atoms with van der Waals surface area (Å²) in [5, 5.41) is 10.3. The first kappa shape index (κ1) is 19.3. The zero-order valence-electron chi connectivity index (χ0n) is 15.5. The number of carbonyl (C=O) groups excluding carboxylic acids is 2. The van der Waals surface area contributed by atoms with Gasteiger partial charge in [0.25, 0.3) is 5.91 Å². The smallest absolute Gasteiger partial charge is 0.290 e. The summed E-state index contributed by atoms with van der Waals surface area (Å²) < 4.78 is 0. The molecule has 27 heavy (non-hydrogen) atoms. The predicted molar refractivity (Wildman–Crippen MR) is 104 cm³/mol. The van der Waals surface area contributed by atoms with Crippen LogP contribution in [0, 0.1) is 0 Å². The zero-order valence-corrected chi connectivity index (χ0v) is 15.5. The Hall–Kier alpha value is -2.50. The molecule has 0 radical (unpaired) electrons. The molecule has 2 aromatic rings. The van der Waals surface area contributed by atoms with Crippen LogP contribution >= 0.6 is 0 Å². The standard InChI is InChI=1S/C22H26N2O3/c25-20-16-23(15-19-9-5-2-6-10-19)13-14-24(17-20)22(27)21(26)12-11-18-7-3-1-4-8-18/h1-10,20,25H,11-17H2.